The van der Waals surface area contributed by atoms with Gasteiger partial charge in [0, 0.05) is 31.5 Å². The topological polar surface area (TPSA) is 58.6 Å². The van der Waals surface area contributed by atoms with Crippen LogP contribution < -0.4 is 5.32 Å². The largest absolute Gasteiger partial charge is 0.444 e. The molecule has 0 aromatic rings. The highest BCUT2D eigenvalue weighted by atomic mass is 16.6. The van der Waals surface area contributed by atoms with Crippen molar-refractivity contribution in [1.29, 1.82) is 0 Å². The molecule has 0 bridgehead atoms. The molecular formula is C16H28N2O3. The van der Waals surface area contributed by atoms with Crippen LogP contribution in [0.15, 0.2) is 0 Å². The zero-order chi connectivity index (χ0) is 15.8. The van der Waals surface area contributed by atoms with Gasteiger partial charge >= 0.3 is 6.09 Å². The van der Waals surface area contributed by atoms with E-state index in [-0.39, 0.29) is 29.4 Å². The Bertz CT molecular complexity index is 426. The molecule has 0 saturated carbocycles. The first-order valence-corrected chi connectivity index (χ1v) is 7.84. The molecule has 2 saturated heterocycles. The molecule has 2 atom stereocenters. The van der Waals surface area contributed by atoms with E-state index in [0.29, 0.717) is 19.5 Å². The zero-order valence-corrected chi connectivity index (χ0v) is 13.9. The van der Waals surface area contributed by atoms with Gasteiger partial charge in [-0.1, -0.05) is 13.8 Å². The summed E-state index contributed by atoms with van der Waals surface area (Å²) in [6.45, 7) is 11.4. The fraction of sp³-hybridized carbons (Fsp3) is 0.875. The van der Waals surface area contributed by atoms with Crippen LogP contribution in [0.25, 0.3) is 0 Å². The summed E-state index contributed by atoms with van der Waals surface area (Å²) in [7, 11) is 0. The van der Waals surface area contributed by atoms with Crippen molar-refractivity contribution in [3.63, 3.8) is 0 Å². The molecule has 2 heterocycles. The lowest BCUT2D eigenvalue weighted by molar-refractivity contribution is -0.119. The molecule has 21 heavy (non-hydrogen) atoms. The quantitative estimate of drug-likeness (QED) is 0.809. The minimum atomic E-state index is -0.493. The predicted molar refractivity (Wildman–Crippen MR) is 80.9 cm³/mol. The smallest absolute Gasteiger partial charge is 0.410 e. The molecule has 2 aliphatic heterocycles. The number of nitrogens with zero attached hydrogens (tertiary/aromatic N) is 1. The van der Waals surface area contributed by atoms with Gasteiger partial charge in [-0.15, -0.1) is 0 Å². The molecular weight excluding hydrogens is 268 g/mol. The summed E-state index contributed by atoms with van der Waals surface area (Å²) < 4.78 is 5.57. The normalized spacial score (nSPS) is 29.2. The maximum atomic E-state index is 12.5. The van der Waals surface area contributed by atoms with E-state index in [0.717, 1.165) is 12.8 Å². The first kappa shape index (κ1) is 16.1. The molecule has 0 aliphatic carbocycles. The van der Waals surface area contributed by atoms with Crippen LogP contribution in [0.3, 0.4) is 0 Å². The number of nitrogens with one attached hydrogen (secondary N) is 1. The minimum Gasteiger partial charge on any atom is -0.444 e. The third-order valence-electron chi connectivity index (χ3n) is 4.30. The van der Waals surface area contributed by atoms with Gasteiger partial charge in [0.1, 0.15) is 5.60 Å². The van der Waals surface area contributed by atoms with Crippen LogP contribution in [-0.4, -0.2) is 41.6 Å². The van der Waals surface area contributed by atoms with Crippen LogP contribution in [-0.2, 0) is 9.53 Å². The number of carbonyl (C=O) groups excluding carboxylic acids is 2. The predicted octanol–water partition coefficient (Wildman–Crippen LogP) is 2.55. The number of likely N-dealkylation sites (tertiary alicyclic amines) is 1. The summed E-state index contributed by atoms with van der Waals surface area (Å²) in [6.07, 6.45) is 2.28. The number of hydrogen-bond acceptors (Lipinski definition) is 3. The summed E-state index contributed by atoms with van der Waals surface area (Å²) in [5, 5.41) is 2.88. The maximum Gasteiger partial charge on any atom is 0.410 e. The zero-order valence-electron chi connectivity index (χ0n) is 13.9. The van der Waals surface area contributed by atoms with Crippen LogP contribution >= 0.6 is 0 Å². The summed E-state index contributed by atoms with van der Waals surface area (Å²) in [5.41, 5.74) is -0.392. The van der Waals surface area contributed by atoms with Crippen molar-refractivity contribution in [2.75, 3.05) is 13.1 Å². The Kier molecular flexibility index (Phi) is 4.22. The van der Waals surface area contributed by atoms with Crippen LogP contribution in [0.5, 0.6) is 0 Å². The molecule has 2 rings (SSSR count). The molecule has 0 aromatic heterocycles. The molecule has 5 heteroatoms. The van der Waals surface area contributed by atoms with Gasteiger partial charge in [-0.2, -0.15) is 0 Å². The molecule has 2 unspecified atom stereocenters. The number of hydrogen-bond donors (Lipinski definition) is 1. The Morgan fingerprint density at radius 2 is 2.05 bits per heavy atom. The van der Waals surface area contributed by atoms with Crippen LogP contribution in [0.1, 0.15) is 53.9 Å². The second-order valence-corrected chi connectivity index (χ2v) is 8.15. The number of ether oxygens (including phenoxy) is 1. The van der Waals surface area contributed by atoms with E-state index in [2.05, 4.69) is 19.2 Å². The molecule has 0 aromatic carbocycles. The van der Waals surface area contributed by atoms with Crippen molar-refractivity contribution in [3.05, 3.63) is 0 Å². The lowest BCUT2D eigenvalue weighted by Gasteiger charge is -2.45. The average Bonchev–Trinajstić information content (AvgIpc) is 2.72. The molecule has 120 valence electrons. The minimum absolute atomic E-state index is 0.0916. The van der Waals surface area contributed by atoms with Crippen molar-refractivity contribution in [1.82, 2.24) is 10.2 Å². The average molecular weight is 296 g/mol. The van der Waals surface area contributed by atoms with Gasteiger partial charge in [0.25, 0.3) is 0 Å². The Morgan fingerprint density at radius 3 is 2.57 bits per heavy atom. The van der Waals surface area contributed by atoms with E-state index in [9.17, 15) is 9.59 Å². The van der Waals surface area contributed by atoms with Crippen molar-refractivity contribution in [2.24, 2.45) is 11.3 Å². The first-order chi connectivity index (χ1) is 9.57. The van der Waals surface area contributed by atoms with Gasteiger partial charge < -0.3 is 15.0 Å². The van der Waals surface area contributed by atoms with E-state index in [1.165, 1.54) is 0 Å². The highest BCUT2D eigenvalue weighted by Gasteiger charge is 2.42. The van der Waals surface area contributed by atoms with Crippen molar-refractivity contribution in [2.45, 2.75) is 65.5 Å². The fourth-order valence-electron chi connectivity index (χ4n) is 3.26. The van der Waals surface area contributed by atoms with Crippen LogP contribution in [0.4, 0.5) is 4.79 Å². The van der Waals surface area contributed by atoms with Crippen LogP contribution in [0, 0.1) is 11.3 Å². The summed E-state index contributed by atoms with van der Waals surface area (Å²) in [6, 6.07) is 0.104. The Morgan fingerprint density at radius 1 is 1.38 bits per heavy atom. The maximum absolute atomic E-state index is 12.5. The van der Waals surface area contributed by atoms with E-state index < -0.39 is 5.60 Å². The third-order valence-corrected chi connectivity index (χ3v) is 4.30. The van der Waals surface area contributed by atoms with Crippen molar-refractivity contribution in [3.8, 4) is 0 Å². The van der Waals surface area contributed by atoms with E-state index >= 15 is 0 Å². The van der Waals surface area contributed by atoms with Gasteiger partial charge in [0.15, 0.2) is 0 Å². The molecule has 5 nitrogen and oxygen atoms in total. The van der Waals surface area contributed by atoms with E-state index in [4.69, 9.17) is 4.74 Å². The van der Waals surface area contributed by atoms with Crippen molar-refractivity contribution < 1.29 is 14.3 Å². The second-order valence-electron chi connectivity index (χ2n) is 8.15. The van der Waals surface area contributed by atoms with E-state index in [1.54, 1.807) is 0 Å². The number of carbonyl (C=O) groups is 2. The van der Waals surface area contributed by atoms with Gasteiger partial charge in [-0.25, -0.2) is 4.79 Å². The Hall–Kier alpha value is -1.26. The Labute approximate surface area is 127 Å². The monoisotopic (exact) mass is 296 g/mol. The Balaban J connectivity index is 2.13. The lowest BCUT2D eigenvalue weighted by Crippen LogP contribution is -2.54. The summed E-state index contributed by atoms with van der Waals surface area (Å²) >= 11 is 0. The second kappa shape index (κ2) is 5.50. The number of rotatable bonds is 1. The fourth-order valence-corrected chi connectivity index (χ4v) is 3.26. The lowest BCUT2D eigenvalue weighted by atomic mass is 9.78. The molecule has 0 spiro atoms. The molecule has 0 radical (unpaired) electrons. The molecule has 2 aliphatic rings. The SMILES string of the molecule is CC1(C)CCC(C2CNC(=O)C2)N(C(=O)OC(C)(C)C)C1. The highest BCUT2D eigenvalue weighted by Crippen LogP contribution is 2.37. The van der Waals surface area contributed by atoms with E-state index in [1.807, 2.05) is 25.7 Å². The number of piperidine rings is 1. The molecule has 2 fully saturated rings. The van der Waals surface area contributed by atoms with Gasteiger partial charge in [0.2, 0.25) is 5.91 Å². The van der Waals surface area contributed by atoms with Gasteiger partial charge in [-0.05, 0) is 39.0 Å². The van der Waals surface area contributed by atoms with Crippen LogP contribution in [0.2, 0.25) is 0 Å². The summed E-state index contributed by atoms with van der Waals surface area (Å²) in [4.78, 5) is 25.9. The highest BCUT2D eigenvalue weighted by molar-refractivity contribution is 5.78. The molecule has 2 amide bonds. The van der Waals surface area contributed by atoms with Gasteiger partial charge in [0.05, 0.1) is 0 Å². The standard InChI is InChI=1S/C16H28N2O3/c1-15(2,3)21-14(20)18-10-16(4,5)7-6-12(18)11-8-13(19)17-9-11/h11-12H,6-10H2,1-5H3,(H,17,19). The molecule has 1 N–H and O–H groups in total. The van der Waals surface area contributed by atoms with Crippen molar-refractivity contribution >= 4 is 12.0 Å². The first-order valence-electron chi connectivity index (χ1n) is 7.84. The summed E-state index contributed by atoms with van der Waals surface area (Å²) in [5.74, 6) is 0.301. The third kappa shape index (κ3) is 4.11. The van der Waals surface area contributed by atoms with Gasteiger partial charge in [-0.3, -0.25) is 4.79 Å². The number of amides is 2.